The van der Waals surface area contributed by atoms with E-state index in [1.165, 1.54) is 24.0 Å². The van der Waals surface area contributed by atoms with Crippen LogP contribution in [0.25, 0.3) is 0 Å². The highest BCUT2D eigenvalue weighted by molar-refractivity contribution is 7.07. The van der Waals surface area contributed by atoms with Crippen LogP contribution in [0.4, 0.5) is 5.82 Å². The number of nitrogens with one attached hydrogen (secondary N) is 1. The van der Waals surface area contributed by atoms with Crippen molar-refractivity contribution in [2.75, 3.05) is 11.9 Å². The summed E-state index contributed by atoms with van der Waals surface area (Å²) in [6.45, 7) is 5.21. The molecule has 3 rings (SSSR count). The van der Waals surface area contributed by atoms with Gasteiger partial charge in [-0.15, -0.1) is 0 Å². The summed E-state index contributed by atoms with van der Waals surface area (Å²) in [7, 11) is 0. The van der Waals surface area contributed by atoms with Gasteiger partial charge in [-0.1, -0.05) is 13.0 Å². The number of rotatable bonds is 8. The Bertz CT molecular complexity index is 549. The van der Waals surface area contributed by atoms with Crippen molar-refractivity contribution in [3.8, 4) is 0 Å². The molecule has 1 aliphatic carbocycles. The van der Waals surface area contributed by atoms with Crippen molar-refractivity contribution in [1.29, 1.82) is 0 Å². The second-order valence-corrected chi connectivity index (χ2v) is 6.49. The number of anilines is 1. The van der Waals surface area contributed by atoms with Crippen molar-refractivity contribution in [1.82, 2.24) is 9.88 Å². The Labute approximate surface area is 131 Å². The monoisotopic (exact) mass is 301 g/mol. The van der Waals surface area contributed by atoms with Crippen LogP contribution in [0.15, 0.2) is 35.2 Å². The zero-order valence-electron chi connectivity index (χ0n) is 12.6. The number of nitrogens with zero attached hydrogens (tertiary/aromatic N) is 2. The fraction of sp³-hybridized carbons (Fsp3) is 0.471. The number of thiophene rings is 1. The van der Waals surface area contributed by atoms with Gasteiger partial charge in [-0.2, -0.15) is 11.3 Å². The average molecular weight is 301 g/mol. The van der Waals surface area contributed by atoms with Crippen LogP contribution in [-0.2, 0) is 13.1 Å². The first kappa shape index (κ1) is 14.5. The molecule has 2 aromatic rings. The van der Waals surface area contributed by atoms with Gasteiger partial charge in [0.05, 0.1) is 0 Å². The highest BCUT2D eigenvalue weighted by Gasteiger charge is 2.29. The number of aromatic nitrogens is 1. The molecular weight excluding hydrogens is 278 g/mol. The maximum atomic E-state index is 4.51. The summed E-state index contributed by atoms with van der Waals surface area (Å²) >= 11 is 1.78. The SMILES string of the molecule is CCCNc1ncccc1CN(Cc1ccsc1)C1CC1. The molecule has 2 heterocycles. The Balaban J connectivity index is 1.70. The van der Waals surface area contributed by atoms with Crippen molar-refractivity contribution >= 4 is 17.2 Å². The highest BCUT2D eigenvalue weighted by atomic mass is 32.1. The van der Waals surface area contributed by atoms with Gasteiger partial charge in [0.2, 0.25) is 0 Å². The summed E-state index contributed by atoms with van der Waals surface area (Å²) in [6.07, 6.45) is 5.67. The van der Waals surface area contributed by atoms with Gasteiger partial charge < -0.3 is 5.32 Å². The van der Waals surface area contributed by atoms with Gasteiger partial charge in [-0.3, -0.25) is 4.90 Å². The lowest BCUT2D eigenvalue weighted by molar-refractivity contribution is 0.246. The Hall–Kier alpha value is -1.39. The van der Waals surface area contributed by atoms with Crippen molar-refractivity contribution in [3.05, 3.63) is 46.3 Å². The first-order chi connectivity index (χ1) is 10.4. The molecule has 1 N–H and O–H groups in total. The van der Waals surface area contributed by atoms with E-state index in [0.717, 1.165) is 37.9 Å². The van der Waals surface area contributed by atoms with E-state index in [4.69, 9.17) is 0 Å². The number of pyridine rings is 1. The summed E-state index contributed by atoms with van der Waals surface area (Å²) in [5.41, 5.74) is 2.74. The molecule has 0 radical (unpaired) electrons. The average Bonchev–Trinajstić information content (AvgIpc) is 3.23. The quantitative estimate of drug-likeness (QED) is 0.794. The van der Waals surface area contributed by atoms with E-state index in [-0.39, 0.29) is 0 Å². The summed E-state index contributed by atoms with van der Waals surface area (Å²) in [5.74, 6) is 1.05. The van der Waals surface area contributed by atoms with E-state index < -0.39 is 0 Å². The van der Waals surface area contributed by atoms with Gasteiger partial charge >= 0.3 is 0 Å². The van der Waals surface area contributed by atoms with Crippen LogP contribution in [0.2, 0.25) is 0 Å². The standard InChI is InChI=1S/C17H23N3S/c1-2-8-18-17-15(4-3-9-19-17)12-20(16-5-6-16)11-14-7-10-21-13-14/h3-4,7,9-10,13,16H,2,5-6,8,11-12H2,1H3,(H,18,19). The van der Waals surface area contributed by atoms with Gasteiger partial charge in [0, 0.05) is 37.4 Å². The second kappa shape index (κ2) is 7.05. The molecule has 0 unspecified atom stereocenters. The summed E-state index contributed by atoms with van der Waals surface area (Å²) in [5, 5.41) is 7.87. The maximum Gasteiger partial charge on any atom is 0.130 e. The fourth-order valence-corrected chi connectivity index (χ4v) is 3.22. The first-order valence-corrected chi connectivity index (χ1v) is 8.74. The van der Waals surface area contributed by atoms with E-state index in [0.29, 0.717) is 0 Å². The summed E-state index contributed by atoms with van der Waals surface area (Å²) in [4.78, 5) is 7.10. The predicted molar refractivity (Wildman–Crippen MR) is 89.6 cm³/mol. The Morgan fingerprint density at radius 3 is 2.95 bits per heavy atom. The van der Waals surface area contributed by atoms with Crippen molar-refractivity contribution in [2.45, 2.75) is 45.3 Å². The van der Waals surface area contributed by atoms with Gasteiger partial charge in [-0.25, -0.2) is 4.98 Å². The molecule has 0 atom stereocenters. The number of hydrogen-bond donors (Lipinski definition) is 1. The van der Waals surface area contributed by atoms with E-state index >= 15 is 0 Å². The van der Waals surface area contributed by atoms with Gasteiger partial charge in [0.15, 0.2) is 0 Å². The minimum Gasteiger partial charge on any atom is -0.370 e. The molecular formula is C17H23N3S. The van der Waals surface area contributed by atoms with Crippen molar-refractivity contribution in [3.63, 3.8) is 0 Å². The summed E-state index contributed by atoms with van der Waals surface area (Å²) < 4.78 is 0. The molecule has 1 saturated carbocycles. The van der Waals surface area contributed by atoms with Crippen molar-refractivity contribution in [2.24, 2.45) is 0 Å². The second-order valence-electron chi connectivity index (χ2n) is 5.71. The Morgan fingerprint density at radius 1 is 1.33 bits per heavy atom. The number of hydrogen-bond acceptors (Lipinski definition) is 4. The lowest BCUT2D eigenvalue weighted by atomic mass is 10.2. The van der Waals surface area contributed by atoms with E-state index in [9.17, 15) is 0 Å². The molecule has 1 aliphatic rings. The van der Waals surface area contributed by atoms with Crippen LogP contribution in [0.3, 0.4) is 0 Å². The third-order valence-electron chi connectivity index (χ3n) is 3.84. The lowest BCUT2D eigenvalue weighted by Crippen LogP contribution is -2.25. The molecule has 112 valence electrons. The molecule has 4 heteroatoms. The minimum absolute atomic E-state index is 0.754. The van der Waals surface area contributed by atoms with E-state index in [1.54, 1.807) is 11.3 Å². The highest BCUT2D eigenvalue weighted by Crippen LogP contribution is 2.31. The molecule has 0 aromatic carbocycles. The van der Waals surface area contributed by atoms with Gasteiger partial charge in [0.25, 0.3) is 0 Å². The lowest BCUT2D eigenvalue weighted by Gasteiger charge is -2.23. The van der Waals surface area contributed by atoms with Crippen LogP contribution in [0.5, 0.6) is 0 Å². The zero-order chi connectivity index (χ0) is 14.5. The smallest absolute Gasteiger partial charge is 0.130 e. The largest absolute Gasteiger partial charge is 0.370 e. The third-order valence-corrected chi connectivity index (χ3v) is 4.57. The Kier molecular flexibility index (Phi) is 4.88. The predicted octanol–water partition coefficient (Wildman–Crippen LogP) is 4.13. The van der Waals surface area contributed by atoms with Crippen LogP contribution in [-0.4, -0.2) is 22.5 Å². The van der Waals surface area contributed by atoms with Crippen LogP contribution < -0.4 is 5.32 Å². The van der Waals surface area contributed by atoms with Crippen molar-refractivity contribution < 1.29 is 0 Å². The molecule has 21 heavy (non-hydrogen) atoms. The zero-order valence-corrected chi connectivity index (χ0v) is 13.4. The molecule has 2 aromatic heterocycles. The van der Waals surface area contributed by atoms with Gasteiger partial charge in [0.1, 0.15) is 5.82 Å². The fourth-order valence-electron chi connectivity index (χ4n) is 2.56. The summed E-state index contributed by atoms with van der Waals surface area (Å²) in [6, 6.07) is 7.24. The molecule has 0 amide bonds. The van der Waals surface area contributed by atoms with Crippen LogP contribution >= 0.6 is 11.3 Å². The third kappa shape index (κ3) is 4.05. The van der Waals surface area contributed by atoms with E-state index in [2.05, 4.69) is 45.0 Å². The maximum absolute atomic E-state index is 4.51. The molecule has 0 saturated heterocycles. The van der Waals surface area contributed by atoms with Crippen LogP contribution in [0, 0.1) is 0 Å². The van der Waals surface area contributed by atoms with Crippen LogP contribution in [0.1, 0.15) is 37.3 Å². The molecule has 3 nitrogen and oxygen atoms in total. The first-order valence-electron chi connectivity index (χ1n) is 7.79. The van der Waals surface area contributed by atoms with E-state index in [1.807, 2.05) is 12.3 Å². The molecule has 0 bridgehead atoms. The normalized spacial score (nSPS) is 14.6. The molecule has 0 spiro atoms. The molecule has 1 fully saturated rings. The Morgan fingerprint density at radius 2 is 2.24 bits per heavy atom. The topological polar surface area (TPSA) is 28.2 Å². The van der Waals surface area contributed by atoms with Gasteiger partial charge in [-0.05, 0) is 47.7 Å². The minimum atomic E-state index is 0.754. The molecule has 0 aliphatic heterocycles.